The number of rotatable bonds is 7. The Kier molecular flexibility index (Phi) is 6.75. The topological polar surface area (TPSA) is 62.1 Å². The van der Waals surface area contributed by atoms with Gasteiger partial charge in [0.05, 0.1) is 19.6 Å². The number of hydrogen-bond donors (Lipinski definition) is 1. The summed E-state index contributed by atoms with van der Waals surface area (Å²) in [4.78, 5) is 11.9. The molecule has 4 nitrogen and oxygen atoms in total. The first kappa shape index (κ1) is 16.2. The molecule has 1 N–H and O–H groups in total. The fourth-order valence-corrected chi connectivity index (χ4v) is 2.14. The molecule has 108 valence electrons. The summed E-state index contributed by atoms with van der Waals surface area (Å²) in [5, 5.41) is 12.2. The summed E-state index contributed by atoms with van der Waals surface area (Å²) >= 11 is 0. The van der Waals surface area contributed by atoms with Crippen LogP contribution in [-0.4, -0.2) is 19.1 Å². The van der Waals surface area contributed by atoms with Crippen molar-refractivity contribution in [2.24, 2.45) is 5.92 Å². The largest absolute Gasteiger partial charge is 0.468 e. The Balaban J connectivity index is 2.86. The van der Waals surface area contributed by atoms with Crippen LogP contribution in [0.1, 0.15) is 38.3 Å². The molecule has 0 saturated carbocycles. The maximum absolute atomic E-state index is 11.9. The van der Waals surface area contributed by atoms with Gasteiger partial charge in [-0.05, 0) is 17.9 Å². The van der Waals surface area contributed by atoms with Gasteiger partial charge >= 0.3 is 5.97 Å². The zero-order chi connectivity index (χ0) is 15.0. The number of carbonyl (C=O) groups is 1. The van der Waals surface area contributed by atoms with Crippen LogP contribution in [-0.2, 0) is 9.53 Å². The number of hydrogen-bond acceptors (Lipinski definition) is 4. The Bertz CT molecular complexity index is 451. The Morgan fingerprint density at radius 1 is 1.35 bits per heavy atom. The molecule has 0 radical (unpaired) electrons. The molecule has 1 rings (SSSR count). The van der Waals surface area contributed by atoms with Gasteiger partial charge in [-0.25, -0.2) is 0 Å². The van der Waals surface area contributed by atoms with E-state index in [9.17, 15) is 4.79 Å². The van der Waals surface area contributed by atoms with Crippen LogP contribution in [0.2, 0.25) is 0 Å². The third-order valence-corrected chi connectivity index (χ3v) is 3.09. The SMILES string of the molecule is COC(=O)C(CC(C)C)NC(CC#N)c1ccccc1. The molecule has 0 heterocycles. The van der Waals surface area contributed by atoms with E-state index < -0.39 is 6.04 Å². The lowest BCUT2D eigenvalue weighted by molar-refractivity contribution is -0.143. The lowest BCUT2D eigenvalue weighted by atomic mass is 9.99. The van der Waals surface area contributed by atoms with E-state index >= 15 is 0 Å². The highest BCUT2D eigenvalue weighted by Gasteiger charge is 2.24. The van der Waals surface area contributed by atoms with Crippen molar-refractivity contribution in [1.82, 2.24) is 5.32 Å². The van der Waals surface area contributed by atoms with Gasteiger partial charge in [-0.15, -0.1) is 0 Å². The first-order valence-electron chi connectivity index (χ1n) is 6.84. The molecular weight excluding hydrogens is 252 g/mol. The molecule has 1 aromatic rings. The second kappa shape index (κ2) is 8.34. The highest BCUT2D eigenvalue weighted by atomic mass is 16.5. The highest BCUT2D eigenvalue weighted by Crippen LogP contribution is 2.19. The van der Waals surface area contributed by atoms with Crippen LogP contribution in [0.5, 0.6) is 0 Å². The molecule has 0 aliphatic heterocycles. The number of nitrogens with one attached hydrogen (secondary N) is 1. The molecule has 0 aliphatic carbocycles. The summed E-state index contributed by atoms with van der Waals surface area (Å²) in [5.41, 5.74) is 1.01. The van der Waals surface area contributed by atoms with E-state index in [1.165, 1.54) is 7.11 Å². The molecule has 0 bridgehead atoms. The Morgan fingerprint density at radius 3 is 2.50 bits per heavy atom. The van der Waals surface area contributed by atoms with Crippen molar-refractivity contribution < 1.29 is 9.53 Å². The van der Waals surface area contributed by atoms with Crippen LogP contribution >= 0.6 is 0 Å². The van der Waals surface area contributed by atoms with E-state index in [4.69, 9.17) is 10.00 Å². The number of carbonyl (C=O) groups excluding carboxylic acids is 1. The van der Waals surface area contributed by atoms with Crippen molar-refractivity contribution >= 4 is 5.97 Å². The number of benzene rings is 1. The van der Waals surface area contributed by atoms with Crippen molar-refractivity contribution in [3.05, 3.63) is 35.9 Å². The van der Waals surface area contributed by atoms with Gasteiger partial charge in [-0.3, -0.25) is 10.1 Å². The zero-order valence-electron chi connectivity index (χ0n) is 12.3. The minimum Gasteiger partial charge on any atom is -0.468 e. The number of nitriles is 1. The summed E-state index contributed by atoms with van der Waals surface area (Å²) in [6, 6.07) is 11.3. The monoisotopic (exact) mass is 274 g/mol. The molecule has 0 saturated heterocycles. The average Bonchev–Trinajstić information content (AvgIpc) is 2.45. The smallest absolute Gasteiger partial charge is 0.322 e. The number of methoxy groups -OCH3 is 1. The van der Waals surface area contributed by atoms with E-state index in [1.54, 1.807) is 0 Å². The molecule has 0 aromatic heterocycles. The molecule has 0 aliphatic rings. The molecule has 1 aromatic carbocycles. The van der Waals surface area contributed by atoms with E-state index in [0.717, 1.165) is 5.56 Å². The summed E-state index contributed by atoms with van der Waals surface area (Å²) < 4.78 is 4.84. The van der Waals surface area contributed by atoms with E-state index in [1.807, 2.05) is 30.3 Å². The van der Waals surface area contributed by atoms with Crippen molar-refractivity contribution in [1.29, 1.82) is 5.26 Å². The summed E-state index contributed by atoms with van der Waals surface area (Å²) in [5.74, 6) is 0.0858. The van der Waals surface area contributed by atoms with Crippen molar-refractivity contribution in [2.45, 2.75) is 38.8 Å². The van der Waals surface area contributed by atoms with Crippen LogP contribution in [0, 0.1) is 17.2 Å². The van der Waals surface area contributed by atoms with Crippen LogP contribution in [0.3, 0.4) is 0 Å². The molecule has 2 unspecified atom stereocenters. The van der Waals surface area contributed by atoms with Gasteiger partial charge in [-0.1, -0.05) is 44.2 Å². The van der Waals surface area contributed by atoms with E-state index in [0.29, 0.717) is 18.8 Å². The minimum atomic E-state index is -0.390. The van der Waals surface area contributed by atoms with Crippen molar-refractivity contribution in [3.63, 3.8) is 0 Å². The molecule has 20 heavy (non-hydrogen) atoms. The summed E-state index contributed by atoms with van der Waals surface area (Å²) in [6.45, 7) is 4.11. The fourth-order valence-electron chi connectivity index (χ4n) is 2.14. The van der Waals surface area contributed by atoms with Gasteiger partial charge in [0.25, 0.3) is 0 Å². The molecule has 0 amide bonds. The Hall–Kier alpha value is -1.86. The van der Waals surface area contributed by atoms with Crippen LogP contribution in [0.25, 0.3) is 0 Å². The van der Waals surface area contributed by atoms with Crippen LogP contribution in [0.15, 0.2) is 30.3 Å². The van der Waals surface area contributed by atoms with Gasteiger partial charge in [0.2, 0.25) is 0 Å². The Morgan fingerprint density at radius 2 is 2.00 bits per heavy atom. The maximum Gasteiger partial charge on any atom is 0.322 e. The van der Waals surface area contributed by atoms with E-state index in [-0.39, 0.29) is 12.0 Å². The second-order valence-corrected chi connectivity index (χ2v) is 5.20. The average molecular weight is 274 g/mol. The fraction of sp³-hybridized carbons (Fsp3) is 0.500. The minimum absolute atomic E-state index is 0.163. The summed E-state index contributed by atoms with van der Waals surface area (Å²) in [7, 11) is 1.39. The summed E-state index contributed by atoms with van der Waals surface area (Å²) in [6.07, 6.45) is 0.997. The molecule has 0 fully saturated rings. The van der Waals surface area contributed by atoms with Crippen molar-refractivity contribution in [2.75, 3.05) is 7.11 Å². The number of nitrogens with zero attached hydrogens (tertiary/aromatic N) is 1. The normalized spacial score (nSPS) is 13.6. The first-order chi connectivity index (χ1) is 9.58. The molecular formula is C16H22N2O2. The number of esters is 1. The lowest BCUT2D eigenvalue weighted by Gasteiger charge is -2.24. The van der Waals surface area contributed by atoms with Crippen LogP contribution in [0.4, 0.5) is 0 Å². The van der Waals surface area contributed by atoms with Gasteiger partial charge in [-0.2, -0.15) is 5.26 Å². The molecule has 2 atom stereocenters. The van der Waals surface area contributed by atoms with Gasteiger partial charge in [0.1, 0.15) is 6.04 Å². The van der Waals surface area contributed by atoms with Crippen LogP contribution < -0.4 is 5.32 Å². The zero-order valence-corrected chi connectivity index (χ0v) is 12.3. The predicted octanol–water partition coefficient (Wildman–Crippen LogP) is 2.82. The molecule has 0 spiro atoms. The molecule has 4 heteroatoms. The third-order valence-electron chi connectivity index (χ3n) is 3.09. The second-order valence-electron chi connectivity index (χ2n) is 5.20. The quantitative estimate of drug-likeness (QED) is 0.777. The van der Waals surface area contributed by atoms with Gasteiger partial charge in [0, 0.05) is 6.04 Å². The number of ether oxygens (including phenoxy) is 1. The third kappa shape index (κ3) is 5.02. The first-order valence-corrected chi connectivity index (χ1v) is 6.84. The van der Waals surface area contributed by atoms with E-state index in [2.05, 4.69) is 25.2 Å². The predicted molar refractivity (Wildman–Crippen MR) is 77.8 cm³/mol. The van der Waals surface area contributed by atoms with Crippen molar-refractivity contribution in [3.8, 4) is 6.07 Å². The lowest BCUT2D eigenvalue weighted by Crippen LogP contribution is -2.40. The maximum atomic E-state index is 11.9. The Labute approximate surface area is 120 Å². The standard InChI is InChI=1S/C16H22N2O2/c1-12(2)11-15(16(19)20-3)18-14(9-10-17)13-7-5-4-6-8-13/h4-8,12,14-15,18H,9,11H2,1-3H3. The van der Waals surface area contributed by atoms with Gasteiger partial charge in [0.15, 0.2) is 0 Å². The highest BCUT2D eigenvalue weighted by molar-refractivity contribution is 5.75. The van der Waals surface area contributed by atoms with Gasteiger partial charge < -0.3 is 4.74 Å².